The highest BCUT2D eigenvalue weighted by molar-refractivity contribution is 7.16. The molecule has 2 unspecified atom stereocenters. The Balaban J connectivity index is 1.59. The number of nitrogens with zero attached hydrogens (tertiary/aromatic N) is 3. The first-order chi connectivity index (χ1) is 12.2. The summed E-state index contributed by atoms with van der Waals surface area (Å²) in [5.74, 6) is 0.896. The van der Waals surface area contributed by atoms with E-state index in [2.05, 4.69) is 15.3 Å². The molecule has 1 amide bonds. The predicted octanol–water partition coefficient (Wildman–Crippen LogP) is 2.14. The molecule has 0 aromatic carbocycles. The van der Waals surface area contributed by atoms with Crippen LogP contribution in [0.5, 0.6) is 0 Å². The molecule has 0 spiro atoms. The molecular formula is C17H22N4O3S. The number of methoxy groups -OCH3 is 1. The van der Waals surface area contributed by atoms with Crippen molar-refractivity contribution in [1.82, 2.24) is 14.9 Å². The lowest BCUT2D eigenvalue weighted by atomic mass is 10.2. The Bertz CT molecular complexity index is 759. The number of aromatic nitrogens is 2. The lowest BCUT2D eigenvalue weighted by Crippen LogP contribution is -2.41. The summed E-state index contributed by atoms with van der Waals surface area (Å²) in [6.45, 7) is 2.31. The van der Waals surface area contributed by atoms with Crippen LogP contribution in [0, 0.1) is 0 Å². The number of amides is 1. The number of morpholine rings is 1. The summed E-state index contributed by atoms with van der Waals surface area (Å²) in [5.41, 5.74) is 0. The third kappa shape index (κ3) is 3.47. The number of ether oxygens (including phenoxy) is 2. The van der Waals surface area contributed by atoms with Gasteiger partial charge in [0.05, 0.1) is 24.7 Å². The molecule has 1 saturated carbocycles. The molecule has 1 N–H and O–H groups in total. The van der Waals surface area contributed by atoms with Crippen molar-refractivity contribution in [1.29, 1.82) is 0 Å². The van der Waals surface area contributed by atoms with E-state index in [1.165, 1.54) is 11.3 Å². The fraction of sp³-hybridized carbons (Fsp3) is 0.588. The number of thiophene rings is 1. The van der Waals surface area contributed by atoms with Crippen molar-refractivity contribution in [2.45, 2.75) is 31.4 Å². The third-order valence-electron chi connectivity index (χ3n) is 4.87. The van der Waals surface area contributed by atoms with E-state index in [0.29, 0.717) is 38.4 Å². The standard InChI is InChI=1S/C17H22N4O3S/c1-23-12-3-2-11(10-12)18-14-13-4-9-25-16(13)20-15(19-14)17(22)21-5-7-24-8-6-21/h4,9,11-12H,2-3,5-8,10H2,1H3,(H,18,19,20). The van der Waals surface area contributed by atoms with Crippen LogP contribution < -0.4 is 5.32 Å². The number of nitrogens with one attached hydrogen (secondary N) is 1. The molecule has 2 aromatic heterocycles. The largest absolute Gasteiger partial charge is 0.381 e. The summed E-state index contributed by atoms with van der Waals surface area (Å²) in [6, 6.07) is 2.32. The van der Waals surface area contributed by atoms with Crippen LogP contribution in [-0.4, -0.2) is 66.3 Å². The van der Waals surface area contributed by atoms with Gasteiger partial charge in [-0.3, -0.25) is 4.79 Å². The molecular weight excluding hydrogens is 340 g/mol. The fourth-order valence-corrected chi connectivity index (χ4v) is 4.21. The Hall–Kier alpha value is -1.77. The van der Waals surface area contributed by atoms with E-state index in [0.717, 1.165) is 35.3 Å². The van der Waals surface area contributed by atoms with E-state index < -0.39 is 0 Å². The SMILES string of the molecule is COC1CCC(Nc2nc(C(=O)N3CCOCC3)nc3sccc23)C1. The molecule has 4 rings (SSSR count). The van der Waals surface area contributed by atoms with Crippen LogP contribution in [0.25, 0.3) is 10.2 Å². The van der Waals surface area contributed by atoms with Gasteiger partial charge in [0.1, 0.15) is 10.6 Å². The lowest BCUT2D eigenvalue weighted by Gasteiger charge is -2.26. The maximum Gasteiger partial charge on any atom is 0.291 e. The van der Waals surface area contributed by atoms with Gasteiger partial charge < -0.3 is 19.7 Å². The summed E-state index contributed by atoms with van der Waals surface area (Å²) < 4.78 is 10.8. The van der Waals surface area contributed by atoms with Crippen molar-refractivity contribution in [3.05, 3.63) is 17.3 Å². The van der Waals surface area contributed by atoms with Crippen molar-refractivity contribution in [3.8, 4) is 0 Å². The monoisotopic (exact) mass is 362 g/mol. The van der Waals surface area contributed by atoms with Crippen molar-refractivity contribution in [2.75, 3.05) is 38.7 Å². The minimum atomic E-state index is -0.122. The molecule has 3 heterocycles. The minimum absolute atomic E-state index is 0.122. The lowest BCUT2D eigenvalue weighted by molar-refractivity contribution is 0.0295. The summed E-state index contributed by atoms with van der Waals surface area (Å²) in [6.07, 6.45) is 3.34. The Kier molecular flexibility index (Phi) is 4.82. The first-order valence-electron chi connectivity index (χ1n) is 8.66. The van der Waals surface area contributed by atoms with Gasteiger partial charge in [0, 0.05) is 26.2 Å². The van der Waals surface area contributed by atoms with Crippen LogP contribution >= 0.6 is 11.3 Å². The maximum absolute atomic E-state index is 12.8. The van der Waals surface area contributed by atoms with Crippen molar-refractivity contribution in [3.63, 3.8) is 0 Å². The smallest absolute Gasteiger partial charge is 0.291 e. The van der Waals surface area contributed by atoms with Gasteiger partial charge in [-0.1, -0.05) is 0 Å². The van der Waals surface area contributed by atoms with Crippen molar-refractivity contribution < 1.29 is 14.3 Å². The molecule has 0 bridgehead atoms. The number of carbonyl (C=O) groups is 1. The molecule has 2 atom stereocenters. The van der Waals surface area contributed by atoms with E-state index in [4.69, 9.17) is 9.47 Å². The van der Waals surface area contributed by atoms with E-state index in [9.17, 15) is 4.79 Å². The fourth-order valence-electron chi connectivity index (χ4n) is 3.45. The highest BCUT2D eigenvalue weighted by atomic mass is 32.1. The van der Waals surface area contributed by atoms with Gasteiger partial charge in [0.2, 0.25) is 5.82 Å². The Morgan fingerprint density at radius 2 is 2.20 bits per heavy atom. The number of carbonyl (C=O) groups excluding carboxylic acids is 1. The zero-order valence-electron chi connectivity index (χ0n) is 14.2. The second-order valence-corrected chi connectivity index (χ2v) is 7.35. The average Bonchev–Trinajstić information content (AvgIpc) is 3.30. The molecule has 1 saturated heterocycles. The highest BCUT2D eigenvalue weighted by Gasteiger charge is 2.27. The van der Waals surface area contributed by atoms with Gasteiger partial charge in [0.15, 0.2) is 0 Å². The zero-order valence-corrected chi connectivity index (χ0v) is 15.1. The second kappa shape index (κ2) is 7.23. The van der Waals surface area contributed by atoms with E-state index in [1.807, 2.05) is 11.4 Å². The van der Waals surface area contributed by atoms with Crippen LogP contribution in [-0.2, 0) is 9.47 Å². The summed E-state index contributed by atoms with van der Waals surface area (Å²) in [7, 11) is 1.76. The Labute approximate surface area is 150 Å². The molecule has 7 nitrogen and oxygen atoms in total. The number of hydrogen-bond donors (Lipinski definition) is 1. The first kappa shape index (κ1) is 16.7. The summed E-state index contributed by atoms with van der Waals surface area (Å²) >= 11 is 1.53. The molecule has 134 valence electrons. The normalized spacial score (nSPS) is 24.0. The summed E-state index contributed by atoms with van der Waals surface area (Å²) in [4.78, 5) is 24.4. The van der Waals surface area contributed by atoms with Gasteiger partial charge in [-0.2, -0.15) is 0 Å². The van der Waals surface area contributed by atoms with Gasteiger partial charge >= 0.3 is 0 Å². The maximum atomic E-state index is 12.8. The van der Waals surface area contributed by atoms with Crippen LogP contribution in [0.1, 0.15) is 29.9 Å². The van der Waals surface area contributed by atoms with Crippen LogP contribution in [0.2, 0.25) is 0 Å². The molecule has 2 aromatic rings. The second-order valence-electron chi connectivity index (χ2n) is 6.45. The third-order valence-corrected chi connectivity index (χ3v) is 5.68. The highest BCUT2D eigenvalue weighted by Crippen LogP contribution is 2.29. The van der Waals surface area contributed by atoms with Gasteiger partial charge in [-0.15, -0.1) is 11.3 Å². The minimum Gasteiger partial charge on any atom is -0.381 e. The van der Waals surface area contributed by atoms with Crippen LogP contribution in [0.3, 0.4) is 0 Å². The van der Waals surface area contributed by atoms with E-state index >= 15 is 0 Å². The molecule has 1 aliphatic carbocycles. The molecule has 2 fully saturated rings. The predicted molar refractivity (Wildman–Crippen MR) is 96.2 cm³/mol. The Morgan fingerprint density at radius 3 is 2.96 bits per heavy atom. The zero-order chi connectivity index (χ0) is 17.2. The van der Waals surface area contributed by atoms with Gasteiger partial charge in [0.25, 0.3) is 5.91 Å². The van der Waals surface area contributed by atoms with Crippen molar-refractivity contribution in [2.24, 2.45) is 0 Å². The van der Waals surface area contributed by atoms with Crippen LogP contribution in [0.4, 0.5) is 5.82 Å². The molecule has 25 heavy (non-hydrogen) atoms. The molecule has 1 aliphatic heterocycles. The van der Waals surface area contributed by atoms with E-state index in [-0.39, 0.29) is 11.7 Å². The van der Waals surface area contributed by atoms with E-state index in [1.54, 1.807) is 12.0 Å². The first-order valence-corrected chi connectivity index (χ1v) is 9.54. The van der Waals surface area contributed by atoms with Crippen molar-refractivity contribution >= 4 is 33.3 Å². The average molecular weight is 362 g/mol. The topological polar surface area (TPSA) is 76.6 Å². The number of fused-ring (bicyclic) bond motifs is 1. The number of anilines is 1. The molecule has 2 aliphatic rings. The summed E-state index contributed by atoms with van der Waals surface area (Å²) in [5, 5.41) is 6.48. The van der Waals surface area contributed by atoms with Crippen LogP contribution in [0.15, 0.2) is 11.4 Å². The quantitative estimate of drug-likeness (QED) is 0.898. The Morgan fingerprint density at radius 1 is 1.36 bits per heavy atom. The number of hydrogen-bond acceptors (Lipinski definition) is 7. The van der Waals surface area contributed by atoms with Gasteiger partial charge in [-0.25, -0.2) is 9.97 Å². The van der Waals surface area contributed by atoms with Gasteiger partial charge in [-0.05, 0) is 30.7 Å². The molecule has 8 heteroatoms. The molecule has 0 radical (unpaired) electrons. The number of rotatable bonds is 4.